The van der Waals surface area contributed by atoms with Crippen LogP contribution in [0.5, 0.6) is 11.5 Å². The van der Waals surface area contributed by atoms with Crippen LogP contribution in [0, 0.1) is 11.2 Å². The number of hydrogen-bond donors (Lipinski definition) is 4. The molecule has 41 heavy (non-hydrogen) atoms. The van der Waals surface area contributed by atoms with Crippen LogP contribution in [0.4, 0.5) is 21.5 Å². The van der Waals surface area contributed by atoms with Crippen molar-refractivity contribution in [2.24, 2.45) is 5.73 Å². The lowest BCUT2D eigenvalue weighted by Gasteiger charge is -2.26. The summed E-state index contributed by atoms with van der Waals surface area (Å²) in [5, 5.41) is 7.72. The van der Waals surface area contributed by atoms with Gasteiger partial charge in [-0.15, -0.1) is 0 Å². The summed E-state index contributed by atoms with van der Waals surface area (Å²) < 4.78 is 53.3. The summed E-state index contributed by atoms with van der Waals surface area (Å²) in [6, 6.07) is 16.9. The topological polar surface area (TPSA) is 146 Å². The molecule has 0 spiro atoms. The number of benzene rings is 3. The quantitative estimate of drug-likeness (QED) is 0.130. The fourth-order valence-electron chi connectivity index (χ4n) is 4.18. The third-order valence-corrected chi connectivity index (χ3v) is 6.45. The molecule has 0 saturated heterocycles. The van der Waals surface area contributed by atoms with Crippen LogP contribution in [-0.4, -0.2) is 43.2 Å². The lowest BCUT2D eigenvalue weighted by Crippen LogP contribution is -2.20. The predicted octanol–water partition coefficient (Wildman–Crippen LogP) is 5.40. The molecule has 5 N–H and O–H groups in total. The minimum absolute atomic E-state index is 0.0571. The third-order valence-electron chi connectivity index (χ3n) is 5.85. The van der Waals surface area contributed by atoms with Crippen molar-refractivity contribution in [2.45, 2.75) is 33.4 Å². The van der Waals surface area contributed by atoms with E-state index >= 15 is 4.39 Å². The largest absolute Gasteiger partial charge is 0.494 e. The molecule has 4 rings (SSSR count). The predicted molar refractivity (Wildman–Crippen MR) is 159 cm³/mol. The molecule has 0 aliphatic rings. The average Bonchev–Trinajstić information content (AvgIpc) is 3.37. The van der Waals surface area contributed by atoms with E-state index in [9.17, 15) is 8.42 Å². The van der Waals surface area contributed by atoms with Crippen molar-refractivity contribution in [1.82, 2.24) is 9.97 Å². The van der Waals surface area contributed by atoms with Crippen LogP contribution in [-0.2, 0) is 16.6 Å². The Morgan fingerprint density at radius 2 is 1.90 bits per heavy atom. The first-order valence-corrected chi connectivity index (χ1v) is 14.8. The Morgan fingerprint density at radius 3 is 2.54 bits per heavy atom. The lowest BCUT2D eigenvalue weighted by atomic mass is 10.1. The molecular weight excluding hydrogens is 547 g/mol. The van der Waals surface area contributed by atoms with Gasteiger partial charge >= 0.3 is 0 Å². The van der Waals surface area contributed by atoms with E-state index in [1.165, 1.54) is 6.07 Å². The molecule has 10 nitrogen and oxygen atoms in total. The Morgan fingerprint density at radius 1 is 1.17 bits per heavy atom. The maximum absolute atomic E-state index is 16.0. The van der Waals surface area contributed by atoms with Crippen molar-refractivity contribution in [3.05, 3.63) is 84.1 Å². The van der Waals surface area contributed by atoms with Gasteiger partial charge in [-0.3, -0.25) is 10.1 Å². The molecule has 0 bridgehead atoms. The number of H-pyrrole nitrogens is 1. The monoisotopic (exact) mass is 580 g/mol. The minimum atomic E-state index is -3.44. The van der Waals surface area contributed by atoms with E-state index in [0.29, 0.717) is 46.4 Å². The van der Waals surface area contributed by atoms with Gasteiger partial charge in [-0.25, -0.2) is 17.8 Å². The molecule has 0 amide bonds. The molecule has 1 aromatic heterocycles. The SMILES string of the molecule is CCOc1cc(OC(C)C)c(F)c(N(Cc2nc(-c3cccc(NS(C)(=O)=O)c3)c[nH]2)c2ccc(C(=N)N)cc2)c1. The molecule has 0 aliphatic carbocycles. The van der Waals surface area contributed by atoms with Crippen LogP contribution in [0.25, 0.3) is 11.3 Å². The van der Waals surface area contributed by atoms with Gasteiger partial charge in [-0.05, 0) is 57.2 Å². The van der Waals surface area contributed by atoms with E-state index in [2.05, 4.69) is 9.71 Å². The fourth-order valence-corrected chi connectivity index (χ4v) is 4.73. The van der Waals surface area contributed by atoms with Gasteiger partial charge in [0.15, 0.2) is 11.6 Å². The first-order valence-electron chi connectivity index (χ1n) is 12.9. The highest BCUT2D eigenvalue weighted by molar-refractivity contribution is 7.92. The lowest BCUT2D eigenvalue weighted by molar-refractivity contribution is 0.229. The smallest absolute Gasteiger partial charge is 0.229 e. The average molecular weight is 581 g/mol. The number of sulfonamides is 1. The molecule has 3 aromatic carbocycles. The van der Waals surface area contributed by atoms with Crippen molar-refractivity contribution >= 4 is 32.9 Å². The number of nitrogens with two attached hydrogens (primary N) is 1. The summed E-state index contributed by atoms with van der Waals surface area (Å²) in [5.74, 6) is 0.374. The summed E-state index contributed by atoms with van der Waals surface area (Å²) in [6.07, 6.45) is 2.52. The summed E-state index contributed by atoms with van der Waals surface area (Å²) in [4.78, 5) is 9.57. The van der Waals surface area contributed by atoms with Gasteiger partial charge < -0.3 is 25.1 Å². The van der Waals surface area contributed by atoms with Gasteiger partial charge in [-0.1, -0.05) is 12.1 Å². The zero-order chi connectivity index (χ0) is 29.7. The second-order valence-electron chi connectivity index (χ2n) is 9.59. The van der Waals surface area contributed by atoms with Gasteiger partial charge in [0.05, 0.1) is 36.9 Å². The Kier molecular flexibility index (Phi) is 8.82. The Bertz CT molecular complexity index is 1640. The van der Waals surface area contributed by atoms with Crippen molar-refractivity contribution in [2.75, 3.05) is 22.5 Å². The van der Waals surface area contributed by atoms with Crippen molar-refractivity contribution in [3.8, 4) is 22.8 Å². The number of rotatable bonds is 12. The number of halogens is 1. The molecule has 0 atom stereocenters. The third kappa shape index (κ3) is 7.54. The molecular formula is C29H33FN6O4S. The van der Waals surface area contributed by atoms with Crippen LogP contribution in [0.2, 0.25) is 0 Å². The number of hydrogen-bond acceptors (Lipinski definition) is 7. The summed E-state index contributed by atoms with van der Waals surface area (Å²) in [5.41, 5.74) is 8.69. The van der Waals surface area contributed by atoms with E-state index in [1.54, 1.807) is 59.6 Å². The van der Waals surface area contributed by atoms with Crippen LogP contribution < -0.4 is 24.8 Å². The standard InChI is InChI=1S/C29H33FN6O4S/c1-5-39-23-14-25(28(30)26(15-23)40-18(2)3)36(22-11-9-19(10-12-22)29(31)32)17-27-33-16-24(34-27)20-7-6-8-21(13-20)35-41(4,37)38/h6-16,18,35H,5,17H2,1-4H3,(H3,31,32)(H,33,34). The fraction of sp³-hybridized carbons (Fsp3) is 0.241. The highest BCUT2D eigenvalue weighted by atomic mass is 32.2. The zero-order valence-electron chi connectivity index (χ0n) is 23.2. The Hall–Kier alpha value is -4.58. The molecule has 216 valence electrons. The molecule has 0 saturated carbocycles. The number of aromatic nitrogens is 2. The molecule has 0 fully saturated rings. The zero-order valence-corrected chi connectivity index (χ0v) is 24.0. The number of nitrogen functional groups attached to an aromatic ring is 1. The second-order valence-corrected chi connectivity index (χ2v) is 11.3. The summed E-state index contributed by atoms with van der Waals surface area (Å²) >= 11 is 0. The van der Waals surface area contributed by atoms with Gasteiger partial charge in [0.1, 0.15) is 17.4 Å². The van der Waals surface area contributed by atoms with E-state index in [0.717, 1.165) is 6.26 Å². The molecule has 0 unspecified atom stereocenters. The van der Waals surface area contributed by atoms with Crippen LogP contribution in [0.1, 0.15) is 32.2 Å². The highest BCUT2D eigenvalue weighted by Crippen LogP contribution is 2.38. The number of nitrogens with zero attached hydrogens (tertiary/aromatic N) is 2. The van der Waals surface area contributed by atoms with Crippen LogP contribution >= 0.6 is 0 Å². The molecule has 0 radical (unpaired) electrons. The number of ether oxygens (including phenoxy) is 2. The minimum Gasteiger partial charge on any atom is -0.494 e. The first-order chi connectivity index (χ1) is 19.4. The number of imidazole rings is 1. The normalized spacial score (nSPS) is 11.4. The molecule has 1 heterocycles. The molecule has 4 aromatic rings. The Balaban J connectivity index is 1.76. The maximum Gasteiger partial charge on any atom is 0.229 e. The van der Waals surface area contributed by atoms with E-state index < -0.39 is 15.8 Å². The van der Waals surface area contributed by atoms with Gasteiger partial charge in [-0.2, -0.15) is 0 Å². The van der Waals surface area contributed by atoms with Crippen molar-refractivity contribution in [1.29, 1.82) is 5.41 Å². The second kappa shape index (κ2) is 12.3. The molecule has 0 aliphatic heterocycles. The van der Waals surface area contributed by atoms with Crippen molar-refractivity contribution in [3.63, 3.8) is 0 Å². The van der Waals surface area contributed by atoms with Gasteiger partial charge in [0, 0.05) is 40.8 Å². The van der Waals surface area contributed by atoms with Gasteiger partial charge in [0.2, 0.25) is 10.0 Å². The Labute approximate surface area is 238 Å². The molecule has 12 heteroatoms. The highest BCUT2D eigenvalue weighted by Gasteiger charge is 2.22. The summed E-state index contributed by atoms with van der Waals surface area (Å²) in [6.45, 7) is 5.99. The number of anilines is 3. The summed E-state index contributed by atoms with van der Waals surface area (Å²) in [7, 11) is -3.44. The van der Waals surface area contributed by atoms with E-state index in [1.807, 2.05) is 26.8 Å². The maximum atomic E-state index is 16.0. The van der Waals surface area contributed by atoms with Crippen LogP contribution in [0.3, 0.4) is 0 Å². The van der Waals surface area contributed by atoms with E-state index in [4.69, 9.17) is 25.6 Å². The number of nitrogens with one attached hydrogen (secondary N) is 3. The first kappa shape index (κ1) is 29.4. The van der Waals surface area contributed by atoms with Crippen molar-refractivity contribution < 1.29 is 22.3 Å². The van der Waals surface area contributed by atoms with Crippen LogP contribution in [0.15, 0.2) is 66.9 Å². The van der Waals surface area contributed by atoms with E-state index in [-0.39, 0.29) is 29.9 Å². The van der Waals surface area contributed by atoms with Gasteiger partial charge in [0.25, 0.3) is 0 Å². The number of amidine groups is 1. The number of aromatic amines is 1.